The quantitative estimate of drug-likeness (QED) is 0.628. The van der Waals surface area contributed by atoms with Crippen LogP contribution in [0.25, 0.3) is 27.8 Å². The Kier molecular flexibility index (Phi) is 3.55. The fourth-order valence-corrected chi connectivity index (χ4v) is 2.80. The molecule has 0 saturated heterocycles. The van der Waals surface area contributed by atoms with Gasteiger partial charge in [0.25, 0.3) is 0 Å². The van der Waals surface area contributed by atoms with E-state index >= 15 is 0 Å². The van der Waals surface area contributed by atoms with Gasteiger partial charge in [0.2, 0.25) is 0 Å². The SMILES string of the molecule is C[C@H](N)c1ccc2c(c1)ncn2-c1cccc(-c2cncnc2)c1. The fraction of sp³-hybridized carbons (Fsp3) is 0.105. The molecular formula is C19H17N5. The summed E-state index contributed by atoms with van der Waals surface area (Å²) in [5.41, 5.74) is 12.2. The molecule has 0 unspecified atom stereocenters. The molecule has 0 radical (unpaired) electrons. The first-order chi connectivity index (χ1) is 11.7. The van der Waals surface area contributed by atoms with Crippen LogP contribution in [0.1, 0.15) is 18.5 Å². The van der Waals surface area contributed by atoms with Crippen LogP contribution in [0.5, 0.6) is 0 Å². The van der Waals surface area contributed by atoms with Crippen molar-refractivity contribution in [3.8, 4) is 16.8 Å². The molecule has 2 aromatic carbocycles. The van der Waals surface area contributed by atoms with Crippen molar-refractivity contribution < 1.29 is 0 Å². The van der Waals surface area contributed by atoms with Gasteiger partial charge in [-0.05, 0) is 42.3 Å². The number of aromatic nitrogens is 4. The van der Waals surface area contributed by atoms with Crippen LogP contribution >= 0.6 is 0 Å². The lowest BCUT2D eigenvalue weighted by Gasteiger charge is -2.08. The van der Waals surface area contributed by atoms with Gasteiger partial charge < -0.3 is 5.73 Å². The maximum atomic E-state index is 5.96. The topological polar surface area (TPSA) is 69.6 Å². The van der Waals surface area contributed by atoms with Crippen molar-refractivity contribution in [2.45, 2.75) is 13.0 Å². The van der Waals surface area contributed by atoms with Gasteiger partial charge in [0, 0.05) is 29.7 Å². The van der Waals surface area contributed by atoms with Crippen molar-refractivity contribution in [2.75, 3.05) is 0 Å². The lowest BCUT2D eigenvalue weighted by molar-refractivity contribution is 0.819. The molecule has 0 amide bonds. The molecule has 2 aromatic heterocycles. The normalized spacial score (nSPS) is 12.4. The van der Waals surface area contributed by atoms with Crippen LogP contribution in [0.4, 0.5) is 0 Å². The Bertz CT molecular complexity index is 989. The summed E-state index contributed by atoms with van der Waals surface area (Å²) in [6.07, 6.45) is 7.00. The molecule has 1 atom stereocenters. The summed E-state index contributed by atoms with van der Waals surface area (Å²) in [6, 6.07) is 14.4. The smallest absolute Gasteiger partial charge is 0.115 e. The molecule has 24 heavy (non-hydrogen) atoms. The van der Waals surface area contributed by atoms with Crippen molar-refractivity contribution in [3.05, 3.63) is 73.1 Å². The highest BCUT2D eigenvalue weighted by atomic mass is 15.0. The van der Waals surface area contributed by atoms with Crippen LogP contribution in [0, 0.1) is 0 Å². The Morgan fingerprint density at radius 1 is 1.00 bits per heavy atom. The average Bonchev–Trinajstić information content (AvgIpc) is 3.06. The second-order valence-electron chi connectivity index (χ2n) is 5.83. The van der Waals surface area contributed by atoms with Crippen LogP contribution in [0.2, 0.25) is 0 Å². The number of hydrogen-bond acceptors (Lipinski definition) is 4. The van der Waals surface area contributed by atoms with Crippen LogP contribution in [-0.2, 0) is 0 Å². The predicted molar refractivity (Wildman–Crippen MR) is 94.7 cm³/mol. The third-order valence-corrected chi connectivity index (χ3v) is 4.12. The van der Waals surface area contributed by atoms with E-state index in [1.807, 2.05) is 37.8 Å². The molecule has 4 aromatic rings. The highest BCUT2D eigenvalue weighted by Crippen LogP contribution is 2.25. The van der Waals surface area contributed by atoms with Crippen molar-refractivity contribution in [2.24, 2.45) is 5.73 Å². The molecule has 0 bridgehead atoms. The molecule has 0 saturated carbocycles. The van der Waals surface area contributed by atoms with Gasteiger partial charge in [0.15, 0.2) is 0 Å². The average molecular weight is 315 g/mol. The number of imidazole rings is 1. The number of rotatable bonds is 3. The lowest BCUT2D eigenvalue weighted by atomic mass is 10.1. The van der Waals surface area contributed by atoms with Crippen molar-refractivity contribution in [3.63, 3.8) is 0 Å². The highest BCUT2D eigenvalue weighted by Gasteiger charge is 2.08. The van der Waals surface area contributed by atoms with Crippen LogP contribution < -0.4 is 5.73 Å². The first kappa shape index (κ1) is 14.5. The van der Waals surface area contributed by atoms with Crippen molar-refractivity contribution in [1.29, 1.82) is 0 Å². The predicted octanol–water partition coefficient (Wildman–Crippen LogP) is 3.50. The van der Waals surface area contributed by atoms with E-state index in [0.717, 1.165) is 33.4 Å². The van der Waals surface area contributed by atoms with Gasteiger partial charge >= 0.3 is 0 Å². The van der Waals surface area contributed by atoms with Crippen LogP contribution in [0.3, 0.4) is 0 Å². The summed E-state index contributed by atoms with van der Waals surface area (Å²) in [5, 5.41) is 0. The van der Waals surface area contributed by atoms with Gasteiger partial charge in [-0.1, -0.05) is 18.2 Å². The monoisotopic (exact) mass is 315 g/mol. The van der Waals surface area contributed by atoms with E-state index in [2.05, 4.69) is 49.9 Å². The van der Waals surface area contributed by atoms with Gasteiger partial charge in [-0.15, -0.1) is 0 Å². The van der Waals surface area contributed by atoms with Crippen molar-refractivity contribution in [1.82, 2.24) is 19.5 Å². The highest BCUT2D eigenvalue weighted by molar-refractivity contribution is 5.79. The van der Waals surface area contributed by atoms with Crippen molar-refractivity contribution >= 4 is 11.0 Å². The van der Waals surface area contributed by atoms with Crippen LogP contribution in [0.15, 0.2) is 67.5 Å². The molecule has 2 heterocycles. The minimum absolute atomic E-state index is 0.000888. The standard InChI is InChI=1S/C19H17N5/c1-13(20)14-5-6-19-18(8-14)23-12-24(19)17-4-2-3-15(7-17)16-9-21-11-22-10-16/h2-13H,20H2,1H3/t13-/m0/s1. The van der Waals surface area contributed by atoms with Gasteiger partial charge in [-0.3, -0.25) is 4.57 Å². The molecule has 0 spiro atoms. The number of hydrogen-bond donors (Lipinski definition) is 1. The third kappa shape index (κ3) is 2.55. The van der Waals surface area contributed by atoms with E-state index in [9.17, 15) is 0 Å². The molecule has 5 nitrogen and oxygen atoms in total. The van der Waals surface area contributed by atoms with E-state index < -0.39 is 0 Å². The zero-order chi connectivity index (χ0) is 16.5. The molecule has 118 valence electrons. The molecule has 0 aliphatic rings. The zero-order valence-electron chi connectivity index (χ0n) is 13.3. The summed E-state index contributed by atoms with van der Waals surface area (Å²) in [7, 11) is 0. The van der Waals surface area contributed by atoms with Gasteiger partial charge in [-0.2, -0.15) is 0 Å². The molecule has 5 heteroatoms. The first-order valence-electron chi connectivity index (χ1n) is 7.81. The molecule has 4 rings (SSSR count). The first-order valence-corrected chi connectivity index (χ1v) is 7.81. The van der Waals surface area contributed by atoms with E-state index in [1.54, 1.807) is 0 Å². The van der Waals surface area contributed by atoms with Gasteiger partial charge in [0.05, 0.1) is 11.0 Å². The number of nitrogens with zero attached hydrogens (tertiary/aromatic N) is 4. The fourth-order valence-electron chi connectivity index (χ4n) is 2.80. The minimum Gasteiger partial charge on any atom is -0.324 e. The summed E-state index contributed by atoms with van der Waals surface area (Å²) >= 11 is 0. The van der Waals surface area contributed by atoms with E-state index in [4.69, 9.17) is 5.73 Å². The Labute approximate surface area is 139 Å². The number of nitrogens with two attached hydrogens (primary N) is 1. The Balaban J connectivity index is 1.81. The summed E-state index contributed by atoms with van der Waals surface area (Å²) in [5.74, 6) is 0. The maximum absolute atomic E-state index is 5.96. The summed E-state index contributed by atoms with van der Waals surface area (Å²) < 4.78 is 2.08. The second kappa shape index (κ2) is 5.86. The Morgan fingerprint density at radius 3 is 2.62 bits per heavy atom. The van der Waals surface area contributed by atoms with Crippen LogP contribution in [-0.4, -0.2) is 19.5 Å². The Hall–Kier alpha value is -3.05. The minimum atomic E-state index is 0.000888. The Morgan fingerprint density at radius 2 is 1.83 bits per heavy atom. The number of fused-ring (bicyclic) bond motifs is 1. The zero-order valence-corrected chi connectivity index (χ0v) is 13.3. The molecule has 0 aliphatic carbocycles. The molecular weight excluding hydrogens is 298 g/mol. The van der Waals surface area contributed by atoms with Gasteiger partial charge in [-0.25, -0.2) is 15.0 Å². The molecule has 0 fully saturated rings. The van der Waals surface area contributed by atoms with E-state index in [0.29, 0.717) is 0 Å². The molecule has 0 aliphatic heterocycles. The largest absolute Gasteiger partial charge is 0.324 e. The lowest BCUT2D eigenvalue weighted by Crippen LogP contribution is -2.04. The van der Waals surface area contributed by atoms with Gasteiger partial charge in [0.1, 0.15) is 12.7 Å². The number of benzene rings is 2. The molecule has 2 N–H and O–H groups in total. The maximum Gasteiger partial charge on any atom is 0.115 e. The summed E-state index contributed by atoms with van der Waals surface area (Å²) in [4.78, 5) is 12.7. The van der Waals surface area contributed by atoms with E-state index in [-0.39, 0.29) is 6.04 Å². The van der Waals surface area contributed by atoms with E-state index in [1.165, 1.54) is 6.33 Å². The second-order valence-corrected chi connectivity index (χ2v) is 5.83. The third-order valence-electron chi connectivity index (χ3n) is 4.12. The summed E-state index contributed by atoms with van der Waals surface area (Å²) in [6.45, 7) is 1.98.